The minimum absolute atomic E-state index is 0.00275. The molecule has 1 atom stereocenters. The molecule has 3 aromatic carbocycles. The van der Waals surface area contributed by atoms with E-state index >= 15 is 0 Å². The predicted octanol–water partition coefficient (Wildman–Crippen LogP) is 4.35. The molecule has 0 bridgehead atoms. The third-order valence-corrected chi connectivity index (χ3v) is 6.81. The van der Waals surface area contributed by atoms with Crippen molar-refractivity contribution in [3.8, 4) is 0 Å². The molecule has 3 aromatic rings. The molecule has 5 nitrogen and oxygen atoms in total. The maximum absolute atomic E-state index is 13.9. The summed E-state index contributed by atoms with van der Waals surface area (Å²) in [7, 11) is 0. The molecule has 2 heterocycles. The number of carbonyl (C=O) groups is 2. The van der Waals surface area contributed by atoms with Crippen LogP contribution in [0.1, 0.15) is 38.7 Å². The Balaban J connectivity index is 1.38. The summed E-state index contributed by atoms with van der Waals surface area (Å²) < 4.78 is 0. The summed E-state index contributed by atoms with van der Waals surface area (Å²) in [5.41, 5.74) is 6.28. The van der Waals surface area contributed by atoms with Crippen molar-refractivity contribution in [1.29, 1.82) is 0 Å². The van der Waals surface area contributed by atoms with Crippen LogP contribution < -0.4 is 4.90 Å². The van der Waals surface area contributed by atoms with Crippen LogP contribution in [0.4, 0.5) is 5.69 Å². The van der Waals surface area contributed by atoms with E-state index in [1.54, 1.807) is 4.90 Å². The first-order chi connectivity index (χ1) is 16.0. The van der Waals surface area contributed by atoms with Crippen molar-refractivity contribution < 1.29 is 9.59 Å². The second-order valence-electron chi connectivity index (χ2n) is 9.01. The standard InChI is InChI=1S/C28H29N3O2/c1-20-12-13-21(2)25(18-20)29-14-16-30(17-15-29)28(33)26(22-8-4-3-5-9-22)31-19-23-10-6-7-11-24(23)27(31)32/h3-13,18,26H,14-17,19H2,1-2H3/t26-/m1/s1. The summed E-state index contributed by atoms with van der Waals surface area (Å²) in [6, 6.07) is 23.3. The Bertz CT molecular complexity index is 1180. The van der Waals surface area contributed by atoms with E-state index in [1.807, 2.05) is 59.5 Å². The third-order valence-electron chi connectivity index (χ3n) is 6.81. The van der Waals surface area contributed by atoms with Crippen molar-refractivity contribution in [3.63, 3.8) is 0 Å². The zero-order valence-electron chi connectivity index (χ0n) is 19.2. The van der Waals surface area contributed by atoms with Crippen LogP contribution in [-0.2, 0) is 11.3 Å². The molecule has 33 heavy (non-hydrogen) atoms. The SMILES string of the molecule is Cc1ccc(C)c(N2CCN(C(=O)[C@@H](c3ccccc3)N3Cc4ccccc4C3=O)CC2)c1. The van der Waals surface area contributed by atoms with Gasteiger partial charge in [0.25, 0.3) is 5.91 Å². The molecule has 1 saturated heterocycles. The van der Waals surface area contributed by atoms with E-state index in [0.717, 1.165) is 24.2 Å². The Kier molecular flexibility index (Phi) is 5.63. The molecule has 0 saturated carbocycles. The van der Waals surface area contributed by atoms with Crippen molar-refractivity contribution in [2.24, 2.45) is 0 Å². The minimum atomic E-state index is -0.613. The van der Waals surface area contributed by atoms with Crippen LogP contribution >= 0.6 is 0 Å². The molecule has 2 aliphatic rings. The Labute approximate surface area is 195 Å². The van der Waals surface area contributed by atoms with E-state index in [2.05, 4.69) is 36.9 Å². The lowest BCUT2D eigenvalue weighted by Gasteiger charge is -2.39. The summed E-state index contributed by atoms with van der Waals surface area (Å²) in [5, 5.41) is 0. The number of aryl methyl sites for hydroxylation is 2. The van der Waals surface area contributed by atoms with Crippen molar-refractivity contribution in [2.45, 2.75) is 26.4 Å². The maximum atomic E-state index is 13.9. The second kappa shape index (κ2) is 8.74. The smallest absolute Gasteiger partial charge is 0.255 e. The first-order valence-corrected chi connectivity index (χ1v) is 11.6. The number of amides is 2. The van der Waals surface area contributed by atoms with Gasteiger partial charge >= 0.3 is 0 Å². The number of anilines is 1. The molecular formula is C28H29N3O2. The second-order valence-corrected chi connectivity index (χ2v) is 9.01. The van der Waals surface area contributed by atoms with Gasteiger partial charge in [-0.3, -0.25) is 9.59 Å². The third kappa shape index (κ3) is 3.99. The zero-order valence-corrected chi connectivity index (χ0v) is 19.2. The van der Waals surface area contributed by atoms with Gasteiger partial charge in [-0.05, 0) is 48.2 Å². The highest BCUT2D eigenvalue weighted by molar-refractivity contribution is 6.01. The Morgan fingerprint density at radius 1 is 0.848 bits per heavy atom. The van der Waals surface area contributed by atoms with Crippen LogP contribution in [0.15, 0.2) is 72.8 Å². The molecule has 0 aliphatic carbocycles. The van der Waals surface area contributed by atoms with Crippen LogP contribution in [0, 0.1) is 13.8 Å². The van der Waals surface area contributed by atoms with Gasteiger partial charge in [0.2, 0.25) is 5.91 Å². The number of fused-ring (bicyclic) bond motifs is 1. The molecule has 5 rings (SSSR count). The quantitative estimate of drug-likeness (QED) is 0.607. The molecule has 0 spiro atoms. The van der Waals surface area contributed by atoms with Crippen molar-refractivity contribution in [2.75, 3.05) is 31.1 Å². The maximum Gasteiger partial charge on any atom is 0.255 e. The summed E-state index contributed by atoms with van der Waals surface area (Å²) >= 11 is 0. The summed E-state index contributed by atoms with van der Waals surface area (Å²) in [6.07, 6.45) is 0. The first kappa shape index (κ1) is 21.3. The van der Waals surface area contributed by atoms with E-state index in [4.69, 9.17) is 0 Å². The van der Waals surface area contributed by atoms with Gasteiger partial charge in [-0.2, -0.15) is 0 Å². The number of rotatable bonds is 4. The number of hydrogen-bond acceptors (Lipinski definition) is 3. The van der Waals surface area contributed by atoms with E-state index in [-0.39, 0.29) is 11.8 Å². The Hall–Kier alpha value is -3.60. The summed E-state index contributed by atoms with van der Waals surface area (Å²) in [6.45, 7) is 7.56. The number of carbonyl (C=O) groups excluding carboxylic acids is 2. The van der Waals surface area contributed by atoms with Crippen LogP contribution in [0.3, 0.4) is 0 Å². The van der Waals surface area contributed by atoms with Crippen LogP contribution in [-0.4, -0.2) is 47.8 Å². The lowest BCUT2D eigenvalue weighted by atomic mass is 10.0. The largest absolute Gasteiger partial charge is 0.368 e. The van der Waals surface area contributed by atoms with Crippen LogP contribution in [0.25, 0.3) is 0 Å². The molecule has 2 amide bonds. The average Bonchev–Trinajstić information content (AvgIpc) is 3.18. The fraction of sp³-hybridized carbons (Fsp3) is 0.286. The molecular weight excluding hydrogens is 410 g/mol. The molecule has 0 unspecified atom stereocenters. The van der Waals surface area contributed by atoms with Gasteiger partial charge in [0.05, 0.1) is 0 Å². The fourth-order valence-electron chi connectivity index (χ4n) is 4.98. The van der Waals surface area contributed by atoms with Gasteiger partial charge in [-0.25, -0.2) is 0 Å². The van der Waals surface area contributed by atoms with Gasteiger partial charge < -0.3 is 14.7 Å². The highest BCUT2D eigenvalue weighted by Crippen LogP contribution is 2.33. The van der Waals surface area contributed by atoms with Gasteiger partial charge in [-0.1, -0.05) is 60.7 Å². The summed E-state index contributed by atoms with van der Waals surface area (Å²) in [5.74, 6) is -0.0650. The van der Waals surface area contributed by atoms with E-state index in [0.29, 0.717) is 25.2 Å². The van der Waals surface area contributed by atoms with Crippen LogP contribution in [0.5, 0.6) is 0 Å². The van der Waals surface area contributed by atoms with Crippen molar-refractivity contribution in [3.05, 3.63) is 101 Å². The van der Waals surface area contributed by atoms with Gasteiger partial charge in [-0.15, -0.1) is 0 Å². The molecule has 0 N–H and O–H groups in total. The molecule has 168 valence electrons. The highest BCUT2D eigenvalue weighted by atomic mass is 16.2. The fourth-order valence-corrected chi connectivity index (χ4v) is 4.98. The number of piperazine rings is 1. The number of benzene rings is 3. The first-order valence-electron chi connectivity index (χ1n) is 11.6. The number of hydrogen-bond donors (Lipinski definition) is 0. The van der Waals surface area contributed by atoms with Crippen molar-refractivity contribution in [1.82, 2.24) is 9.80 Å². The summed E-state index contributed by atoms with van der Waals surface area (Å²) in [4.78, 5) is 33.1. The monoisotopic (exact) mass is 439 g/mol. The highest BCUT2D eigenvalue weighted by Gasteiger charge is 2.39. The van der Waals surface area contributed by atoms with Gasteiger partial charge in [0.15, 0.2) is 0 Å². The minimum Gasteiger partial charge on any atom is -0.368 e. The van der Waals surface area contributed by atoms with Crippen LogP contribution in [0.2, 0.25) is 0 Å². The van der Waals surface area contributed by atoms with E-state index in [1.165, 1.54) is 16.8 Å². The van der Waals surface area contributed by atoms with Gasteiger partial charge in [0, 0.05) is 44.0 Å². The lowest BCUT2D eigenvalue weighted by molar-refractivity contribution is -0.136. The average molecular weight is 440 g/mol. The Morgan fingerprint density at radius 2 is 1.55 bits per heavy atom. The van der Waals surface area contributed by atoms with E-state index in [9.17, 15) is 9.59 Å². The van der Waals surface area contributed by atoms with Gasteiger partial charge in [0.1, 0.15) is 6.04 Å². The predicted molar refractivity (Wildman–Crippen MR) is 130 cm³/mol. The zero-order chi connectivity index (χ0) is 22.9. The molecule has 5 heteroatoms. The molecule has 0 radical (unpaired) electrons. The normalized spacial score (nSPS) is 16.7. The molecule has 2 aliphatic heterocycles. The molecule has 0 aromatic heterocycles. The molecule has 1 fully saturated rings. The lowest BCUT2D eigenvalue weighted by Crippen LogP contribution is -2.52. The number of nitrogens with zero attached hydrogens (tertiary/aromatic N) is 3. The topological polar surface area (TPSA) is 43.9 Å². The van der Waals surface area contributed by atoms with Crippen molar-refractivity contribution >= 4 is 17.5 Å². The Morgan fingerprint density at radius 3 is 2.27 bits per heavy atom. The van der Waals surface area contributed by atoms with E-state index < -0.39 is 6.04 Å².